The van der Waals surface area contributed by atoms with Crippen molar-refractivity contribution in [2.75, 3.05) is 30.1 Å². The molecule has 0 aliphatic heterocycles. The summed E-state index contributed by atoms with van der Waals surface area (Å²) in [6, 6.07) is 2.54. The normalized spacial score (nSPS) is 12.3. The van der Waals surface area contributed by atoms with E-state index in [0.717, 1.165) is 29.8 Å². The van der Waals surface area contributed by atoms with Crippen LogP contribution in [-0.2, 0) is 0 Å². The van der Waals surface area contributed by atoms with Crippen LogP contribution in [0.15, 0.2) is 11.2 Å². The number of anilines is 2. The van der Waals surface area contributed by atoms with Gasteiger partial charge in [0, 0.05) is 25.7 Å². The highest BCUT2D eigenvalue weighted by atomic mass is 32.2. The molecule has 1 aromatic rings. The van der Waals surface area contributed by atoms with Crippen LogP contribution in [0.2, 0.25) is 0 Å². The highest BCUT2D eigenvalue weighted by molar-refractivity contribution is 7.98. The SMILES string of the molecule is CCCNc1cc(N(C)C(C)CCC)nc(SC)n1. The number of hydrogen-bond donors (Lipinski definition) is 1. The van der Waals surface area contributed by atoms with Crippen LogP contribution < -0.4 is 10.2 Å². The lowest BCUT2D eigenvalue weighted by molar-refractivity contribution is 0.608. The van der Waals surface area contributed by atoms with Crippen molar-refractivity contribution in [3.8, 4) is 0 Å². The lowest BCUT2D eigenvalue weighted by atomic mass is 10.2. The second kappa shape index (κ2) is 8.25. The summed E-state index contributed by atoms with van der Waals surface area (Å²) in [6.45, 7) is 7.55. The summed E-state index contributed by atoms with van der Waals surface area (Å²) in [4.78, 5) is 11.3. The van der Waals surface area contributed by atoms with Gasteiger partial charge >= 0.3 is 0 Å². The van der Waals surface area contributed by atoms with Crippen molar-refractivity contribution in [1.82, 2.24) is 9.97 Å². The van der Waals surface area contributed by atoms with Gasteiger partial charge in [0.25, 0.3) is 0 Å². The van der Waals surface area contributed by atoms with E-state index in [-0.39, 0.29) is 0 Å². The van der Waals surface area contributed by atoms with E-state index in [4.69, 9.17) is 0 Å². The zero-order chi connectivity index (χ0) is 14.3. The molecule has 0 aromatic carbocycles. The molecule has 0 aliphatic carbocycles. The molecular formula is C14H26N4S. The molecular weight excluding hydrogens is 256 g/mol. The third kappa shape index (κ3) is 4.90. The van der Waals surface area contributed by atoms with E-state index in [2.05, 4.69) is 48.0 Å². The molecule has 0 bridgehead atoms. The molecule has 5 heteroatoms. The standard InChI is InChI=1S/C14H26N4S/c1-6-8-11(3)18(4)13-10-12(15-9-7-2)16-14(17-13)19-5/h10-11H,6-9H2,1-5H3,(H,15,16,17). The van der Waals surface area contributed by atoms with Crippen LogP contribution >= 0.6 is 11.8 Å². The Labute approximate surface area is 121 Å². The molecule has 4 nitrogen and oxygen atoms in total. The molecule has 0 radical (unpaired) electrons. The summed E-state index contributed by atoms with van der Waals surface area (Å²) < 4.78 is 0. The fraction of sp³-hybridized carbons (Fsp3) is 0.714. The topological polar surface area (TPSA) is 41.0 Å². The Balaban J connectivity index is 2.91. The minimum absolute atomic E-state index is 0.494. The minimum atomic E-state index is 0.494. The summed E-state index contributed by atoms with van der Waals surface area (Å²) in [6.07, 6.45) is 5.47. The molecule has 0 saturated heterocycles. The fourth-order valence-corrected chi connectivity index (χ4v) is 2.24. The van der Waals surface area contributed by atoms with E-state index < -0.39 is 0 Å². The number of rotatable bonds is 8. The molecule has 108 valence electrons. The number of aromatic nitrogens is 2. The fourth-order valence-electron chi connectivity index (χ4n) is 1.87. The van der Waals surface area contributed by atoms with Gasteiger partial charge in [-0.1, -0.05) is 32.0 Å². The molecule has 1 rings (SSSR count). The Hall–Kier alpha value is -0.970. The highest BCUT2D eigenvalue weighted by Gasteiger charge is 2.13. The first-order chi connectivity index (χ1) is 9.12. The van der Waals surface area contributed by atoms with Gasteiger partial charge in [0.1, 0.15) is 11.6 Å². The molecule has 0 aliphatic rings. The van der Waals surface area contributed by atoms with Crippen molar-refractivity contribution < 1.29 is 0 Å². The van der Waals surface area contributed by atoms with Gasteiger partial charge in [0.15, 0.2) is 5.16 Å². The van der Waals surface area contributed by atoms with Crippen LogP contribution in [0.4, 0.5) is 11.6 Å². The van der Waals surface area contributed by atoms with E-state index >= 15 is 0 Å². The maximum absolute atomic E-state index is 4.60. The average molecular weight is 282 g/mol. The molecule has 0 fully saturated rings. The summed E-state index contributed by atoms with van der Waals surface area (Å²) in [5, 5.41) is 4.17. The monoisotopic (exact) mass is 282 g/mol. The lowest BCUT2D eigenvalue weighted by Crippen LogP contribution is -2.29. The molecule has 0 saturated carbocycles. The number of hydrogen-bond acceptors (Lipinski definition) is 5. The number of nitrogens with zero attached hydrogens (tertiary/aromatic N) is 3. The van der Waals surface area contributed by atoms with E-state index in [9.17, 15) is 0 Å². The molecule has 19 heavy (non-hydrogen) atoms. The van der Waals surface area contributed by atoms with Gasteiger partial charge in [-0.15, -0.1) is 0 Å². The first-order valence-corrected chi connectivity index (χ1v) is 8.24. The van der Waals surface area contributed by atoms with Crippen molar-refractivity contribution in [3.63, 3.8) is 0 Å². The Morgan fingerprint density at radius 2 is 2.05 bits per heavy atom. The summed E-state index contributed by atoms with van der Waals surface area (Å²) in [5.41, 5.74) is 0. The molecule has 1 atom stereocenters. The van der Waals surface area contributed by atoms with Crippen LogP contribution in [0.3, 0.4) is 0 Å². The molecule has 0 spiro atoms. The third-order valence-electron chi connectivity index (χ3n) is 3.16. The second-order valence-electron chi connectivity index (χ2n) is 4.77. The minimum Gasteiger partial charge on any atom is -0.370 e. The van der Waals surface area contributed by atoms with Gasteiger partial charge < -0.3 is 10.2 Å². The zero-order valence-electron chi connectivity index (χ0n) is 12.7. The zero-order valence-corrected chi connectivity index (χ0v) is 13.5. The van der Waals surface area contributed by atoms with Crippen LogP contribution in [0, 0.1) is 0 Å². The van der Waals surface area contributed by atoms with Crippen LogP contribution in [0.1, 0.15) is 40.0 Å². The van der Waals surface area contributed by atoms with E-state index in [1.807, 2.05) is 12.3 Å². The molecule has 0 amide bonds. The smallest absolute Gasteiger partial charge is 0.191 e. The van der Waals surface area contributed by atoms with Crippen molar-refractivity contribution in [2.45, 2.75) is 51.2 Å². The van der Waals surface area contributed by atoms with Gasteiger partial charge in [-0.25, -0.2) is 9.97 Å². The first kappa shape index (κ1) is 16.1. The predicted octanol–water partition coefficient (Wildman–Crippen LogP) is 3.65. The van der Waals surface area contributed by atoms with Crippen molar-refractivity contribution in [2.24, 2.45) is 0 Å². The van der Waals surface area contributed by atoms with E-state index in [1.165, 1.54) is 12.8 Å². The van der Waals surface area contributed by atoms with Crippen molar-refractivity contribution in [3.05, 3.63) is 6.07 Å². The maximum Gasteiger partial charge on any atom is 0.191 e. The largest absolute Gasteiger partial charge is 0.370 e. The van der Waals surface area contributed by atoms with Gasteiger partial charge in [-0.2, -0.15) is 0 Å². The Morgan fingerprint density at radius 1 is 1.32 bits per heavy atom. The maximum atomic E-state index is 4.60. The van der Waals surface area contributed by atoms with Gasteiger partial charge in [0.05, 0.1) is 0 Å². The Kier molecular flexibility index (Phi) is 6.99. The molecule has 1 unspecified atom stereocenters. The Morgan fingerprint density at radius 3 is 2.63 bits per heavy atom. The summed E-state index contributed by atoms with van der Waals surface area (Å²) in [7, 11) is 2.11. The van der Waals surface area contributed by atoms with E-state index in [1.54, 1.807) is 11.8 Å². The van der Waals surface area contributed by atoms with Crippen LogP contribution in [0.5, 0.6) is 0 Å². The van der Waals surface area contributed by atoms with E-state index in [0.29, 0.717) is 6.04 Å². The quantitative estimate of drug-likeness (QED) is 0.582. The molecule has 1 aromatic heterocycles. The predicted molar refractivity (Wildman–Crippen MR) is 85.4 cm³/mol. The van der Waals surface area contributed by atoms with Crippen molar-refractivity contribution >= 4 is 23.4 Å². The van der Waals surface area contributed by atoms with Crippen LogP contribution in [-0.4, -0.2) is 35.9 Å². The molecule has 1 heterocycles. The van der Waals surface area contributed by atoms with Crippen molar-refractivity contribution in [1.29, 1.82) is 0 Å². The van der Waals surface area contributed by atoms with Gasteiger partial charge in [-0.05, 0) is 26.0 Å². The summed E-state index contributed by atoms with van der Waals surface area (Å²) >= 11 is 1.58. The Bertz CT molecular complexity index is 384. The lowest BCUT2D eigenvalue weighted by Gasteiger charge is -2.26. The number of thioether (sulfide) groups is 1. The van der Waals surface area contributed by atoms with Gasteiger partial charge in [-0.3, -0.25) is 0 Å². The molecule has 1 N–H and O–H groups in total. The summed E-state index contributed by atoms with van der Waals surface area (Å²) in [5.74, 6) is 1.92. The van der Waals surface area contributed by atoms with Gasteiger partial charge in [0.2, 0.25) is 0 Å². The average Bonchev–Trinajstić information content (AvgIpc) is 2.44. The number of nitrogens with one attached hydrogen (secondary N) is 1. The third-order valence-corrected chi connectivity index (χ3v) is 3.71. The first-order valence-electron chi connectivity index (χ1n) is 7.02. The second-order valence-corrected chi connectivity index (χ2v) is 5.55. The van der Waals surface area contributed by atoms with Crippen LogP contribution in [0.25, 0.3) is 0 Å². The highest BCUT2D eigenvalue weighted by Crippen LogP contribution is 2.22.